The molecule has 0 radical (unpaired) electrons. The molecule has 0 bridgehead atoms. The molecule has 2 aromatic carbocycles. The second-order valence-corrected chi connectivity index (χ2v) is 7.95. The first-order valence-corrected chi connectivity index (χ1v) is 9.18. The fourth-order valence-electron chi connectivity index (χ4n) is 1.83. The summed E-state index contributed by atoms with van der Waals surface area (Å²) in [6.45, 7) is 2.22. The number of benzene rings is 2. The summed E-state index contributed by atoms with van der Waals surface area (Å²) < 4.78 is 28.9. The third-order valence-electron chi connectivity index (χ3n) is 2.87. The van der Waals surface area contributed by atoms with Crippen molar-refractivity contribution in [3.8, 4) is 0 Å². The van der Waals surface area contributed by atoms with Crippen molar-refractivity contribution < 1.29 is 8.42 Å². The Kier molecular flexibility index (Phi) is 5.08. The molecule has 0 aliphatic rings. The van der Waals surface area contributed by atoms with Crippen LogP contribution in [0.5, 0.6) is 0 Å². The van der Waals surface area contributed by atoms with Gasteiger partial charge in [-0.05, 0) is 74.2 Å². The monoisotopic (exact) mass is 432 g/mol. The van der Waals surface area contributed by atoms with Gasteiger partial charge in [0.05, 0.1) is 10.6 Å². The van der Waals surface area contributed by atoms with Crippen molar-refractivity contribution in [3.05, 3.63) is 56.5 Å². The minimum Gasteiger partial charge on any atom is -0.326 e. The topological polar surface area (TPSA) is 72.2 Å². The smallest absolute Gasteiger partial charge is 0.261 e. The Morgan fingerprint density at radius 2 is 1.76 bits per heavy atom. The van der Waals surface area contributed by atoms with Crippen molar-refractivity contribution in [3.63, 3.8) is 0 Å². The minimum absolute atomic E-state index is 0.185. The van der Waals surface area contributed by atoms with Crippen LogP contribution in [0.2, 0.25) is 0 Å². The van der Waals surface area contributed by atoms with Gasteiger partial charge in [0.25, 0.3) is 10.0 Å². The van der Waals surface area contributed by atoms with E-state index in [9.17, 15) is 8.42 Å². The first kappa shape index (κ1) is 16.5. The number of nitrogens with two attached hydrogens (primary N) is 1. The van der Waals surface area contributed by atoms with Gasteiger partial charge in [0.15, 0.2) is 0 Å². The average molecular weight is 434 g/mol. The molecule has 21 heavy (non-hydrogen) atoms. The predicted octanol–water partition coefficient (Wildman–Crippen LogP) is 3.78. The number of aryl methyl sites for hydroxylation is 1. The molecule has 0 saturated carbocycles. The highest BCUT2D eigenvalue weighted by Gasteiger charge is 2.18. The number of halogens is 2. The van der Waals surface area contributed by atoms with E-state index in [1.807, 2.05) is 19.1 Å². The summed E-state index contributed by atoms with van der Waals surface area (Å²) in [5, 5.41) is 0. The molecular formula is C14H14Br2N2O2S. The zero-order chi connectivity index (χ0) is 15.6. The van der Waals surface area contributed by atoms with Gasteiger partial charge in [-0.3, -0.25) is 4.72 Å². The second-order valence-electron chi connectivity index (χ2n) is 4.56. The lowest BCUT2D eigenvalue weighted by atomic mass is 10.2. The SMILES string of the molecule is Cc1cc(Br)c(NS(=O)(=O)c2cccc(CN)c2)c(Br)c1. The molecule has 4 nitrogen and oxygen atoms in total. The zero-order valence-electron chi connectivity index (χ0n) is 11.2. The lowest BCUT2D eigenvalue weighted by molar-refractivity contribution is 0.601. The Morgan fingerprint density at radius 1 is 1.14 bits per heavy atom. The lowest BCUT2D eigenvalue weighted by Crippen LogP contribution is -2.14. The van der Waals surface area contributed by atoms with E-state index in [1.165, 1.54) is 6.07 Å². The third kappa shape index (κ3) is 3.85. The Hall–Kier alpha value is -0.890. The van der Waals surface area contributed by atoms with E-state index in [-0.39, 0.29) is 4.90 Å². The standard InChI is InChI=1S/C14H14Br2N2O2S/c1-9-5-12(15)14(13(16)6-9)18-21(19,20)11-4-2-3-10(7-11)8-17/h2-7,18H,8,17H2,1H3. The Labute approximate surface area is 141 Å². The largest absolute Gasteiger partial charge is 0.326 e. The van der Waals surface area contributed by atoms with E-state index in [2.05, 4.69) is 36.6 Å². The number of sulfonamides is 1. The van der Waals surface area contributed by atoms with Crippen molar-refractivity contribution in [2.24, 2.45) is 5.73 Å². The molecule has 0 aliphatic heterocycles. The Morgan fingerprint density at radius 3 is 2.33 bits per heavy atom. The van der Waals surface area contributed by atoms with Crippen LogP contribution in [0.1, 0.15) is 11.1 Å². The maximum absolute atomic E-state index is 12.5. The molecule has 0 heterocycles. The van der Waals surface area contributed by atoms with Gasteiger partial charge in [0.1, 0.15) is 0 Å². The van der Waals surface area contributed by atoms with E-state index >= 15 is 0 Å². The van der Waals surface area contributed by atoms with Crippen LogP contribution in [0, 0.1) is 6.92 Å². The Bertz CT molecular complexity index is 753. The molecule has 0 aromatic heterocycles. The highest BCUT2D eigenvalue weighted by atomic mass is 79.9. The molecule has 0 atom stereocenters. The fraction of sp³-hybridized carbons (Fsp3) is 0.143. The van der Waals surface area contributed by atoms with Crippen LogP contribution in [-0.4, -0.2) is 8.42 Å². The van der Waals surface area contributed by atoms with Crippen LogP contribution >= 0.6 is 31.9 Å². The third-order valence-corrected chi connectivity index (χ3v) is 5.47. The molecule has 0 aliphatic carbocycles. The molecular weight excluding hydrogens is 420 g/mol. The van der Waals surface area contributed by atoms with Crippen LogP contribution < -0.4 is 10.5 Å². The van der Waals surface area contributed by atoms with Gasteiger partial charge in [-0.25, -0.2) is 8.42 Å². The molecule has 7 heteroatoms. The van der Waals surface area contributed by atoms with Crippen molar-refractivity contribution in [2.75, 3.05) is 4.72 Å². The number of hydrogen-bond donors (Lipinski definition) is 2. The predicted molar refractivity (Wildman–Crippen MR) is 91.7 cm³/mol. The van der Waals surface area contributed by atoms with Crippen LogP contribution in [0.25, 0.3) is 0 Å². The van der Waals surface area contributed by atoms with Gasteiger partial charge in [-0.2, -0.15) is 0 Å². The normalized spacial score (nSPS) is 11.4. The Balaban J connectivity index is 2.42. The molecule has 0 unspecified atom stereocenters. The van der Waals surface area contributed by atoms with Crippen molar-refractivity contribution >= 4 is 47.6 Å². The van der Waals surface area contributed by atoms with Crippen molar-refractivity contribution in [1.29, 1.82) is 0 Å². The van der Waals surface area contributed by atoms with Gasteiger partial charge in [0.2, 0.25) is 0 Å². The number of hydrogen-bond acceptors (Lipinski definition) is 3. The molecule has 0 fully saturated rings. The molecule has 2 aromatic rings. The number of rotatable bonds is 4. The molecule has 112 valence electrons. The minimum atomic E-state index is -3.67. The van der Waals surface area contributed by atoms with Crippen molar-refractivity contribution in [2.45, 2.75) is 18.4 Å². The summed E-state index contributed by atoms with van der Waals surface area (Å²) in [5.74, 6) is 0. The lowest BCUT2D eigenvalue weighted by Gasteiger charge is -2.13. The van der Waals surface area contributed by atoms with Crippen LogP contribution in [-0.2, 0) is 16.6 Å². The van der Waals surface area contributed by atoms with E-state index in [0.717, 1.165) is 11.1 Å². The second kappa shape index (κ2) is 6.48. The number of anilines is 1. The van der Waals surface area contributed by atoms with Gasteiger partial charge in [-0.1, -0.05) is 12.1 Å². The van der Waals surface area contributed by atoms with Gasteiger partial charge in [-0.15, -0.1) is 0 Å². The highest BCUT2D eigenvalue weighted by Crippen LogP contribution is 2.34. The average Bonchev–Trinajstić information content (AvgIpc) is 2.43. The quantitative estimate of drug-likeness (QED) is 0.770. The maximum atomic E-state index is 12.5. The summed E-state index contributed by atoms with van der Waals surface area (Å²) >= 11 is 6.75. The van der Waals surface area contributed by atoms with Crippen LogP contribution in [0.15, 0.2) is 50.2 Å². The maximum Gasteiger partial charge on any atom is 0.261 e. The summed E-state index contributed by atoms with van der Waals surface area (Å²) in [6.07, 6.45) is 0. The first-order valence-electron chi connectivity index (χ1n) is 6.11. The van der Waals surface area contributed by atoms with E-state index < -0.39 is 10.0 Å². The molecule has 2 rings (SSSR count). The summed E-state index contributed by atoms with van der Waals surface area (Å²) in [7, 11) is -3.67. The molecule has 3 N–H and O–H groups in total. The molecule has 0 amide bonds. The first-order chi connectivity index (χ1) is 9.83. The van der Waals surface area contributed by atoms with Crippen LogP contribution in [0.3, 0.4) is 0 Å². The van der Waals surface area contributed by atoms with Gasteiger partial charge < -0.3 is 5.73 Å². The highest BCUT2D eigenvalue weighted by molar-refractivity contribution is 9.11. The molecule has 0 spiro atoms. The van der Waals surface area contributed by atoms with E-state index in [4.69, 9.17) is 5.73 Å². The van der Waals surface area contributed by atoms with Gasteiger partial charge in [0, 0.05) is 15.5 Å². The fourth-order valence-corrected chi connectivity index (χ4v) is 4.88. The van der Waals surface area contributed by atoms with Crippen molar-refractivity contribution in [1.82, 2.24) is 0 Å². The van der Waals surface area contributed by atoms with Gasteiger partial charge >= 0.3 is 0 Å². The van der Waals surface area contributed by atoms with E-state index in [0.29, 0.717) is 21.2 Å². The summed E-state index contributed by atoms with van der Waals surface area (Å²) in [5.41, 5.74) is 7.80. The zero-order valence-corrected chi connectivity index (χ0v) is 15.2. The van der Waals surface area contributed by atoms with E-state index in [1.54, 1.807) is 18.2 Å². The summed E-state index contributed by atoms with van der Waals surface area (Å²) in [4.78, 5) is 0.185. The van der Waals surface area contributed by atoms with Crippen LogP contribution in [0.4, 0.5) is 5.69 Å². The molecule has 0 saturated heterocycles. The summed E-state index contributed by atoms with van der Waals surface area (Å²) in [6, 6.07) is 10.3. The number of nitrogens with one attached hydrogen (secondary N) is 1.